The Labute approximate surface area is 231 Å². The van der Waals surface area contributed by atoms with Gasteiger partial charge in [-0.25, -0.2) is 4.68 Å². The van der Waals surface area contributed by atoms with Crippen molar-refractivity contribution in [1.82, 2.24) is 14.7 Å². The Morgan fingerprint density at radius 3 is 2.18 bits per heavy atom. The summed E-state index contributed by atoms with van der Waals surface area (Å²) >= 11 is 18.7. The number of carbonyl (C=O) groups excluding carboxylic acids is 1. The number of hydrogen-bond donors (Lipinski definition) is 0. The molecular weight excluding hydrogens is 560 g/mol. The number of alkyl halides is 3. The largest absolute Gasteiger partial charge is 0.416 e. The van der Waals surface area contributed by atoms with E-state index in [1.165, 1.54) is 10.7 Å². The van der Waals surface area contributed by atoms with Crippen molar-refractivity contribution in [2.45, 2.75) is 6.18 Å². The fraction of sp³-hybridized carbons (Fsp3) is 0.185. The average molecular weight is 580 g/mol. The normalized spacial score (nSPS) is 14.2. The number of halogens is 6. The summed E-state index contributed by atoms with van der Waals surface area (Å²) in [6.07, 6.45) is -4.42. The molecule has 38 heavy (non-hydrogen) atoms. The van der Waals surface area contributed by atoms with Gasteiger partial charge in [0.2, 0.25) is 0 Å². The van der Waals surface area contributed by atoms with E-state index >= 15 is 0 Å². The molecule has 0 bridgehead atoms. The van der Waals surface area contributed by atoms with Crippen molar-refractivity contribution in [3.8, 4) is 16.9 Å². The van der Waals surface area contributed by atoms with E-state index in [1.807, 2.05) is 17.0 Å². The van der Waals surface area contributed by atoms with Gasteiger partial charge in [0.1, 0.15) is 5.69 Å². The van der Waals surface area contributed by atoms with E-state index in [9.17, 15) is 18.0 Å². The van der Waals surface area contributed by atoms with Gasteiger partial charge in [-0.15, -0.1) is 0 Å². The van der Waals surface area contributed by atoms with Crippen LogP contribution in [0.1, 0.15) is 16.1 Å². The summed E-state index contributed by atoms with van der Waals surface area (Å²) in [5.41, 5.74) is 1.78. The lowest BCUT2D eigenvalue weighted by atomic mass is 10.1. The number of rotatable bonds is 4. The Bertz CT molecular complexity index is 1500. The molecule has 11 heteroatoms. The fourth-order valence-corrected chi connectivity index (χ4v) is 4.88. The van der Waals surface area contributed by atoms with Gasteiger partial charge in [0, 0.05) is 37.4 Å². The van der Waals surface area contributed by atoms with Crippen LogP contribution in [0.4, 0.5) is 18.9 Å². The molecule has 1 aromatic heterocycles. The van der Waals surface area contributed by atoms with Crippen LogP contribution < -0.4 is 4.90 Å². The lowest BCUT2D eigenvalue weighted by Gasteiger charge is -2.36. The zero-order valence-corrected chi connectivity index (χ0v) is 22.0. The summed E-state index contributed by atoms with van der Waals surface area (Å²) in [6, 6.07) is 19.0. The standard InChI is InChI=1S/C27H20Cl3F3N4O/c28-21-7-2-1-6-20(21)24-16-25(37(34-24)19-8-9-22(29)23(30)15-19)26(38)36-12-10-35(11-13-36)18-5-3-4-17(14-18)27(31,32)33/h1-9,14-16H,10-13H2. The van der Waals surface area contributed by atoms with Gasteiger partial charge in [-0.1, -0.05) is 59.1 Å². The molecule has 1 aliphatic rings. The molecule has 2 heterocycles. The second-order valence-electron chi connectivity index (χ2n) is 8.73. The van der Waals surface area contributed by atoms with Gasteiger partial charge in [0.15, 0.2) is 0 Å². The molecule has 0 atom stereocenters. The highest BCUT2D eigenvalue weighted by molar-refractivity contribution is 6.42. The molecule has 4 aromatic rings. The zero-order chi connectivity index (χ0) is 27.0. The molecule has 0 unspecified atom stereocenters. The molecule has 0 saturated carbocycles. The molecule has 196 valence electrons. The van der Waals surface area contributed by atoms with E-state index in [2.05, 4.69) is 5.10 Å². The Hall–Kier alpha value is -3.20. The van der Waals surface area contributed by atoms with Crippen molar-refractivity contribution in [1.29, 1.82) is 0 Å². The van der Waals surface area contributed by atoms with Gasteiger partial charge in [-0.05, 0) is 48.5 Å². The molecule has 1 saturated heterocycles. The maximum Gasteiger partial charge on any atom is 0.416 e. The minimum Gasteiger partial charge on any atom is -0.368 e. The highest BCUT2D eigenvalue weighted by Gasteiger charge is 2.32. The minimum absolute atomic E-state index is 0.273. The van der Waals surface area contributed by atoms with Crippen molar-refractivity contribution >= 4 is 46.4 Å². The molecule has 1 fully saturated rings. The van der Waals surface area contributed by atoms with Crippen LogP contribution in [-0.2, 0) is 6.18 Å². The van der Waals surface area contributed by atoms with Crippen molar-refractivity contribution in [3.63, 3.8) is 0 Å². The predicted octanol–water partition coefficient (Wildman–Crippen LogP) is 7.48. The summed E-state index contributed by atoms with van der Waals surface area (Å²) in [5.74, 6) is -0.273. The number of anilines is 1. The van der Waals surface area contributed by atoms with Gasteiger partial charge < -0.3 is 9.80 Å². The van der Waals surface area contributed by atoms with Crippen LogP contribution >= 0.6 is 34.8 Å². The Morgan fingerprint density at radius 2 is 1.50 bits per heavy atom. The lowest BCUT2D eigenvalue weighted by molar-refractivity contribution is -0.137. The smallest absolute Gasteiger partial charge is 0.368 e. The summed E-state index contributed by atoms with van der Waals surface area (Å²) in [6.45, 7) is 1.41. The van der Waals surface area contributed by atoms with Gasteiger partial charge >= 0.3 is 6.18 Å². The summed E-state index contributed by atoms with van der Waals surface area (Å²) in [5, 5.41) is 5.83. The zero-order valence-electron chi connectivity index (χ0n) is 19.7. The van der Waals surface area contributed by atoms with E-state index in [0.717, 1.165) is 12.1 Å². The minimum atomic E-state index is -4.42. The van der Waals surface area contributed by atoms with E-state index in [4.69, 9.17) is 34.8 Å². The maximum atomic E-state index is 13.7. The molecule has 1 amide bonds. The van der Waals surface area contributed by atoms with Crippen LogP contribution in [-0.4, -0.2) is 46.8 Å². The molecule has 0 spiro atoms. The SMILES string of the molecule is O=C(c1cc(-c2ccccc2Cl)nn1-c1ccc(Cl)c(Cl)c1)N1CCN(c2cccc(C(F)(F)F)c2)CC1. The maximum absolute atomic E-state index is 13.7. The molecule has 0 aliphatic carbocycles. The molecule has 0 radical (unpaired) electrons. The highest BCUT2D eigenvalue weighted by Crippen LogP contribution is 2.33. The predicted molar refractivity (Wildman–Crippen MR) is 144 cm³/mol. The Morgan fingerprint density at radius 1 is 0.763 bits per heavy atom. The van der Waals surface area contributed by atoms with Gasteiger partial charge in [0.25, 0.3) is 5.91 Å². The van der Waals surface area contributed by atoms with Gasteiger partial charge in [-0.2, -0.15) is 18.3 Å². The molecule has 5 nitrogen and oxygen atoms in total. The Balaban J connectivity index is 1.43. The van der Waals surface area contributed by atoms with E-state index in [1.54, 1.807) is 47.4 Å². The van der Waals surface area contributed by atoms with Crippen molar-refractivity contribution in [2.75, 3.05) is 31.1 Å². The Kier molecular flexibility index (Phi) is 7.31. The fourth-order valence-electron chi connectivity index (χ4n) is 4.36. The van der Waals surface area contributed by atoms with E-state index in [-0.39, 0.29) is 5.91 Å². The molecule has 3 aromatic carbocycles. The number of benzene rings is 3. The lowest BCUT2D eigenvalue weighted by Crippen LogP contribution is -2.49. The summed E-state index contributed by atoms with van der Waals surface area (Å²) < 4.78 is 41.0. The first-order valence-electron chi connectivity index (χ1n) is 11.6. The van der Waals surface area contributed by atoms with E-state index in [0.29, 0.717) is 69.6 Å². The first-order valence-corrected chi connectivity index (χ1v) is 12.8. The average Bonchev–Trinajstić information content (AvgIpc) is 3.35. The number of piperazine rings is 1. The third kappa shape index (κ3) is 5.34. The van der Waals surface area contributed by atoms with Crippen molar-refractivity contribution in [2.24, 2.45) is 0 Å². The number of carbonyl (C=O) groups is 1. The van der Waals surface area contributed by atoms with Crippen LogP contribution in [0.25, 0.3) is 16.9 Å². The number of amides is 1. The van der Waals surface area contributed by atoms with Gasteiger partial charge in [0.05, 0.1) is 32.0 Å². The molecule has 0 N–H and O–H groups in total. The summed E-state index contributed by atoms with van der Waals surface area (Å²) in [4.78, 5) is 17.2. The van der Waals surface area contributed by atoms with Crippen LogP contribution in [0.15, 0.2) is 72.8 Å². The second kappa shape index (κ2) is 10.5. The molecule has 5 rings (SSSR count). The quantitative estimate of drug-likeness (QED) is 0.252. The van der Waals surface area contributed by atoms with Crippen LogP contribution in [0.2, 0.25) is 15.1 Å². The highest BCUT2D eigenvalue weighted by atomic mass is 35.5. The van der Waals surface area contributed by atoms with Crippen LogP contribution in [0.3, 0.4) is 0 Å². The number of aromatic nitrogens is 2. The summed E-state index contributed by atoms with van der Waals surface area (Å²) in [7, 11) is 0. The first kappa shape index (κ1) is 26.4. The van der Waals surface area contributed by atoms with E-state index < -0.39 is 11.7 Å². The van der Waals surface area contributed by atoms with Gasteiger partial charge in [-0.3, -0.25) is 4.79 Å². The molecular formula is C27H20Cl3F3N4O. The van der Waals surface area contributed by atoms with Crippen LogP contribution in [0.5, 0.6) is 0 Å². The third-order valence-corrected chi connectivity index (χ3v) is 7.40. The second-order valence-corrected chi connectivity index (χ2v) is 9.95. The van der Waals surface area contributed by atoms with Crippen molar-refractivity contribution in [3.05, 3.63) is 99.1 Å². The third-order valence-electron chi connectivity index (χ3n) is 6.33. The number of nitrogens with zero attached hydrogens (tertiary/aromatic N) is 4. The first-order chi connectivity index (χ1) is 18.1. The topological polar surface area (TPSA) is 41.4 Å². The van der Waals surface area contributed by atoms with Crippen molar-refractivity contribution < 1.29 is 18.0 Å². The number of hydrogen-bond acceptors (Lipinski definition) is 3. The van der Waals surface area contributed by atoms with Crippen LogP contribution in [0, 0.1) is 0 Å². The molecule has 1 aliphatic heterocycles. The monoisotopic (exact) mass is 578 g/mol.